The van der Waals surface area contributed by atoms with Gasteiger partial charge in [0.15, 0.2) is 0 Å². The number of nitrogens with zero attached hydrogens (tertiary/aromatic N) is 2. The van der Waals surface area contributed by atoms with Crippen LogP contribution >= 0.6 is 0 Å². The molecule has 1 heterocycles. The van der Waals surface area contributed by atoms with Crippen molar-refractivity contribution >= 4 is 0 Å². The van der Waals surface area contributed by atoms with Crippen molar-refractivity contribution < 1.29 is 0 Å². The maximum Gasteiger partial charge on any atom is 0.0724 e. The Morgan fingerprint density at radius 3 is 3.07 bits per heavy atom. The van der Waals surface area contributed by atoms with Crippen LogP contribution in [0.15, 0.2) is 30.7 Å². The second kappa shape index (κ2) is 4.86. The van der Waals surface area contributed by atoms with Gasteiger partial charge in [-0.05, 0) is 19.3 Å². The lowest BCUT2D eigenvalue weighted by atomic mass is 10.0. The Hall–Kier alpha value is -1.22. The van der Waals surface area contributed by atoms with Gasteiger partial charge in [-0.15, -0.1) is 0 Å². The van der Waals surface area contributed by atoms with Crippen LogP contribution in [0.25, 0.3) is 0 Å². The van der Waals surface area contributed by atoms with E-state index >= 15 is 0 Å². The summed E-state index contributed by atoms with van der Waals surface area (Å²) in [6.45, 7) is 0.826. The predicted octanol–water partition coefficient (Wildman–Crippen LogP) is 1.67. The first-order valence-corrected chi connectivity index (χ1v) is 5.08. The minimum Gasteiger partial charge on any atom is -0.308 e. The van der Waals surface area contributed by atoms with Crippen molar-refractivity contribution in [1.29, 1.82) is 0 Å². The fraction of sp³-hybridized carbons (Fsp3) is 0.455. The molecule has 1 aromatic rings. The van der Waals surface area contributed by atoms with E-state index in [0.717, 1.165) is 18.7 Å². The third-order valence-electron chi connectivity index (χ3n) is 2.46. The molecule has 1 unspecified atom stereocenters. The molecule has 14 heavy (non-hydrogen) atoms. The zero-order chi connectivity index (χ0) is 9.64. The molecule has 3 nitrogen and oxygen atoms in total. The maximum absolute atomic E-state index is 4.22. The summed E-state index contributed by atoms with van der Waals surface area (Å²) in [6, 6.07) is 0.613. The summed E-state index contributed by atoms with van der Waals surface area (Å²) in [5, 5.41) is 3.48. The summed E-state index contributed by atoms with van der Waals surface area (Å²) in [5.41, 5.74) is 1.02. The van der Waals surface area contributed by atoms with Crippen LogP contribution in [-0.2, 0) is 6.54 Å². The fourth-order valence-corrected chi connectivity index (χ4v) is 1.65. The SMILES string of the molecule is C1=CCC(NCc2cnccn2)CC1. The van der Waals surface area contributed by atoms with E-state index in [0.29, 0.717) is 6.04 Å². The van der Waals surface area contributed by atoms with Gasteiger partial charge in [0.05, 0.1) is 5.69 Å². The third-order valence-corrected chi connectivity index (χ3v) is 2.46. The average molecular weight is 189 g/mol. The quantitative estimate of drug-likeness (QED) is 0.735. The molecule has 3 heteroatoms. The average Bonchev–Trinajstić information content (AvgIpc) is 2.29. The lowest BCUT2D eigenvalue weighted by Crippen LogP contribution is -2.29. The number of hydrogen-bond donors (Lipinski definition) is 1. The fourth-order valence-electron chi connectivity index (χ4n) is 1.65. The normalized spacial score (nSPS) is 21.0. The van der Waals surface area contributed by atoms with E-state index in [1.165, 1.54) is 12.8 Å². The summed E-state index contributed by atoms with van der Waals surface area (Å²) in [6.07, 6.45) is 13.3. The molecule has 0 saturated carbocycles. The molecule has 0 aliphatic heterocycles. The van der Waals surface area contributed by atoms with Crippen molar-refractivity contribution in [2.45, 2.75) is 31.8 Å². The molecule has 0 spiro atoms. The highest BCUT2D eigenvalue weighted by Gasteiger charge is 2.08. The van der Waals surface area contributed by atoms with E-state index in [4.69, 9.17) is 0 Å². The Morgan fingerprint density at radius 2 is 2.36 bits per heavy atom. The molecular weight excluding hydrogens is 174 g/mol. The van der Waals surface area contributed by atoms with Crippen molar-refractivity contribution in [2.75, 3.05) is 0 Å². The molecule has 2 rings (SSSR count). The molecule has 1 N–H and O–H groups in total. The molecule has 0 fully saturated rings. The van der Waals surface area contributed by atoms with Crippen LogP contribution in [0.2, 0.25) is 0 Å². The second-order valence-corrected chi connectivity index (χ2v) is 3.56. The van der Waals surface area contributed by atoms with E-state index in [-0.39, 0.29) is 0 Å². The predicted molar refractivity (Wildman–Crippen MR) is 55.7 cm³/mol. The first kappa shape index (κ1) is 9.34. The van der Waals surface area contributed by atoms with Crippen molar-refractivity contribution in [1.82, 2.24) is 15.3 Å². The van der Waals surface area contributed by atoms with Crippen LogP contribution in [0.1, 0.15) is 25.0 Å². The van der Waals surface area contributed by atoms with Gasteiger partial charge in [-0.25, -0.2) is 0 Å². The molecule has 0 saturated heterocycles. The Balaban J connectivity index is 1.80. The summed E-state index contributed by atoms with van der Waals surface area (Å²) in [4.78, 5) is 8.25. The lowest BCUT2D eigenvalue weighted by Gasteiger charge is -2.18. The highest BCUT2D eigenvalue weighted by Crippen LogP contribution is 2.10. The van der Waals surface area contributed by atoms with Gasteiger partial charge in [0.25, 0.3) is 0 Å². The first-order valence-electron chi connectivity index (χ1n) is 5.08. The largest absolute Gasteiger partial charge is 0.308 e. The standard InChI is InChI=1S/C11H15N3/c1-2-4-10(5-3-1)14-9-11-8-12-6-7-13-11/h1-2,6-8,10,14H,3-5,9H2. The molecular formula is C11H15N3. The van der Waals surface area contributed by atoms with E-state index in [9.17, 15) is 0 Å². The molecule has 0 radical (unpaired) electrons. The summed E-state index contributed by atoms with van der Waals surface area (Å²) >= 11 is 0. The van der Waals surface area contributed by atoms with Gasteiger partial charge in [0.2, 0.25) is 0 Å². The van der Waals surface area contributed by atoms with Crippen molar-refractivity contribution in [3.63, 3.8) is 0 Å². The lowest BCUT2D eigenvalue weighted by molar-refractivity contribution is 0.470. The Labute approximate surface area is 84.3 Å². The number of hydrogen-bond acceptors (Lipinski definition) is 3. The van der Waals surface area contributed by atoms with Gasteiger partial charge in [-0.3, -0.25) is 9.97 Å². The molecule has 1 atom stereocenters. The first-order chi connectivity index (χ1) is 6.95. The number of rotatable bonds is 3. The van der Waals surface area contributed by atoms with E-state index in [2.05, 4.69) is 27.4 Å². The number of allylic oxidation sites excluding steroid dienone is 1. The highest BCUT2D eigenvalue weighted by molar-refractivity contribution is 4.97. The number of nitrogens with one attached hydrogen (secondary N) is 1. The molecule has 0 bridgehead atoms. The van der Waals surface area contributed by atoms with Gasteiger partial charge in [-0.1, -0.05) is 12.2 Å². The minimum atomic E-state index is 0.613. The van der Waals surface area contributed by atoms with Crippen LogP contribution in [-0.4, -0.2) is 16.0 Å². The van der Waals surface area contributed by atoms with Crippen LogP contribution in [0, 0.1) is 0 Å². The summed E-state index contributed by atoms with van der Waals surface area (Å²) in [5.74, 6) is 0. The van der Waals surface area contributed by atoms with Crippen LogP contribution < -0.4 is 5.32 Å². The molecule has 0 aromatic carbocycles. The van der Waals surface area contributed by atoms with E-state index < -0.39 is 0 Å². The smallest absolute Gasteiger partial charge is 0.0724 e. The van der Waals surface area contributed by atoms with Crippen molar-refractivity contribution in [3.05, 3.63) is 36.4 Å². The summed E-state index contributed by atoms with van der Waals surface area (Å²) in [7, 11) is 0. The highest BCUT2D eigenvalue weighted by atomic mass is 14.9. The van der Waals surface area contributed by atoms with Gasteiger partial charge < -0.3 is 5.32 Å². The van der Waals surface area contributed by atoms with Crippen LogP contribution in [0.3, 0.4) is 0 Å². The minimum absolute atomic E-state index is 0.613. The Bertz CT molecular complexity index is 295. The van der Waals surface area contributed by atoms with Gasteiger partial charge in [0, 0.05) is 31.2 Å². The third kappa shape index (κ3) is 2.64. The topological polar surface area (TPSA) is 37.8 Å². The van der Waals surface area contributed by atoms with Gasteiger partial charge >= 0.3 is 0 Å². The molecule has 1 aromatic heterocycles. The Morgan fingerprint density at radius 1 is 1.36 bits per heavy atom. The summed E-state index contributed by atoms with van der Waals surface area (Å²) < 4.78 is 0. The molecule has 74 valence electrons. The van der Waals surface area contributed by atoms with E-state index in [1.54, 1.807) is 12.4 Å². The molecule has 0 amide bonds. The van der Waals surface area contributed by atoms with Crippen molar-refractivity contribution in [2.24, 2.45) is 0 Å². The van der Waals surface area contributed by atoms with Gasteiger partial charge in [0.1, 0.15) is 0 Å². The van der Waals surface area contributed by atoms with Crippen LogP contribution in [0.4, 0.5) is 0 Å². The van der Waals surface area contributed by atoms with Crippen molar-refractivity contribution in [3.8, 4) is 0 Å². The van der Waals surface area contributed by atoms with Gasteiger partial charge in [-0.2, -0.15) is 0 Å². The maximum atomic E-state index is 4.22. The van der Waals surface area contributed by atoms with Crippen LogP contribution in [0.5, 0.6) is 0 Å². The number of aromatic nitrogens is 2. The molecule has 1 aliphatic rings. The zero-order valence-electron chi connectivity index (χ0n) is 8.19. The zero-order valence-corrected chi connectivity index (χ0v) is 8.19. The monoisotopic (exact) mass is 189 g/mol. The van der Waals surface area contributed by atoms with E-state index in [1.807, 2.05) is 6.20 Å². The second-order valence-electron chi connectivity index (χ2n) is 3.56. The Kier molecular flexibility index (Phi) is 3.24. The molecule has 1 aliphatic carbocycles.